The van der Waals surface area contributed by atoms with Gasteiger partial charge in [0.05, 0.1) is 18.7 Å². The predicted molar refractivity (Wildman–Crippen MR) is 149 cm³/mol. The quantitative estimate of drug-likeness (QED) is 0.469. The summed E-state index contributed by atoms with van der Waals surface area (Å²) in [6.45, 7) is 4.53. The lowest BCUT2D eigenvalue weighted by Gasteiger charge is -2.45. The van der Waals surface area contributed by atoms with E-state index in [1.807, 2.05) is 36.1 Å². The molecule has 39 heavy (non-hydrogen) atoms. The number of fused-ring (bicyclic) bond motifs is 2. The molecule has 3 N–H and O–H groups in total. The Labute approximate surface area is 232 Å². The topological polar surface area (TPSA) is 103 Å². The van der Waals surface area contributed by atoms with E-state index in [9.17, 15) is 14.4 Å². The molecule has 214 valence electrons. The van der Waals surface area contributed by atoms with Gasteiger partial charge in [0.15, 0.2) is 0 Å². The van der Waals surface area contributed by atoms with Gasteiger partial charge in [-0.3, -0.25) is 19.3 Å². The van der Waals surface area contributed by atoms with Crippen LogP contribution in [0.4, 0.5) is 0 Å². The van der Waals surface area contributed by atoms with Crippen molar-refractivity contribution in [3.63, 3.8) is 0 Å². The Morgan fingerprint density at radius 3 is 2.59 bits per heavy atom. The summed E-state index contributed by atoms with van der Waals surface area (Å²) in [5.41, 5.74) is 0.981. The molecule has 1 aromatic carbocycles. The van der Waals surface area contributed by atoms with E-state index in [-0.39, 0.29) is 41.8 Å². The minimum absolute atomic E-state index is 0.0947. The molecule has 9 nitrogen and oxygen atoms in total. The maximum Gasteiger partial charge on any atom is 0.246 e. The average molecular weight is 540 g/mol. The Morgan fingerprint density at radius 2 is 1.82 bits per heavy atom. The van der Waals surface area contributed by atoms with E-state index in [1.165, 1.54) is 0 Å². The average Bonchev–Trinajstić information content (AvgIpc) is 3.44. The second-order valence-electron chi connectivity index (χ2n) is 11.7. The lowest BCUT2D eigenvalue weighted by molar-refractivity contribution is -0.149. The molecule has 0 radical (unpaired) electrons. The molecule has 5 rings (SSSR count). The van der Waals surface area contributed by atoms with Crippen LogP contribution in [-0.2, 0) is 14.4 Å². The molecule has 1 unspecified atom stereocenters. The van der Waals surface area contributed by atoms with Gasteiger partial charge in [-0.15, -0.1) is 0 Å². The molecular weight excluding hydrogens is 494 g/mol. The van der Waals surface area contributed by atoms with Crippen LogP contribution in [0.1, 0.15) is 76.3 Å². The number of amides is 3. The molecule has 3 amide bonds. The number of para-hydroxylation sites is 1. The summed E-state index contributed by atoms with van der Waals surface area (Å²) in [4.78, 5) is 45.7. The van der Waals surface area contributed by atoms with Crippen LogP contribution in [0.25, 0.3) is 0 Å². The zero-order chi connectivity index (χ0) is 27.4. The largest absolute Gasteiger partial charge is 0.493 e. The molecule has 0 spiro atoms. The number of nitrogens with zero attached hydrogens (tertiary/aromatic N) is 2. The first-order chi connectivity index (χ1) is 19.0. The standard InChI is InChI=1S/C30H45N5O4/c1-3-23(31-2)28(36)33-27(20-10-5-4-6-11-20)30(38)35-18-21-12-9-16-34(21)19-25(35)29(37)32-24-15-17-39-26-14-8-7-13-22(24)26/h7-8,13-14,20-21,23-25,27,31H,3-6,9-12,15-19H2,1-2H3,(H,32,37)(H,33,36)/t21-,23+,24-,25?,27+/m1/s1. The van der Waals surface area contributed by atoms with Gasteiger partial charge in [-0.2, -0.15) is 0 Å². The second-order valence-corrected chi connectivity index (χ2v) is 11.7. The number of likely N-dealkylation sites (N-methyl/N-ethyl adjacent to an activating group) is 1. The molecule has 3 fully saturated rings. The van der Waals surface area contributed by atoms with Crippen LogP contribution in [0.5, 0.6) is 5.75 Å². The molecule has 1 saturated carbocycles. The molecule has 9 heteroatoms. The molecule has 4 aliphatic rings. The maximum atomic E-state index is 14.4. The number of benzene rings is 1. The number of carbonyl (C=O) groups excluding carboxylic acids is 3. The Bertz CT molecular complexity index is 1020. The third-order valence-electron chi connectivity index (χ3n) is 9.31. The lowest BCUT2D eigenvalue weighted by Crippen LogP contribution is -2.66. The van der Waals surface area contributed by atoms with Crippen LogP contribution >= 0.6 is 0 Å². The predicted octanol–water partition coefficient (Wildman–Crippen LogP) is 2.36. The highest BCUT2D eigenvalue weighted by atomic mass is 16.5. The maximum absolute atomic E-state index is 14.4. The normalized spacial score (nSPS) is 27.0. The van der Waals surface area contributed by atoms with Gasteiger partial charge in [0.1, 0.15) is 17.8 Å². The number of piperazine rings is 1. The van der Waals surface area contributed by atoms with Crippen LogP contribution in [0.2, 0.25) is 0 Å². The second kappa shape index (κ2) is 12.7. The molecule has 3 aliphatic heterocycles. The van der Waals surface area contributed by atoms with Gasteiger partial charge >= 0.3 is 0 Å². The van der Waals surface area contributed by atoms with Crippen molar-refractivity contribution < 1.29 is 19.1 Å². The van der Waals surface area contributed by atoms with Gasteiger partial charge in [0, 0.05) is 31.1 Å². The van der Waals surface area contributed by atoms with Crippen molar-refractivity contribution >= 4 is 17.7 Å². The Kier molecular flexibility index (Phi) is 9.07. The molecular formula is C30H45N5O4. The van der Waals surface area contributed by atoms with E-state index in [1.54, 1.807) is 7.05 Å². The van der Waals surface area contributed by atoms with Gasteiger partial charge in [-0.05, 0) is 57.7 Å². The molecule has 1 aromatic rings. The summed E-state index contributed by atoms with van der Waals surface area (Å²) in [6, 6.07) is 6.42. The van der Waals surface area contributed by atoms with Crippen LogP contribution in [0.15, 0.2) is 24.3 Å². The van der Waals surface area contributed by atoms with Gasteiger partial charge in [-0.1, -0.05) is 44.4 Å². The third-order valence-corrected chi connectivity index (χ3v) is 9.31. The fraction of sp³-hybridized carbons (Fsp3) is 0.700. The fourth-order valence-corrected chi connectivity index (χ4v) is 7.05. The van der Waals surface area contributed by atoms with E-state index in [2.05, 4.69) is 20.9 Å². The molecule has 1 aliphatic carbocycles. The van der Waals surface area contributed by atoms with Crippen molar-refractivity contribution in [2.24, 2.45) is 5.92 Å². The summed E-state index contributed by atoms with van der Waals surface area (Å²) in [7, 11) is 1.78. The third kappa shape index (κ3) is 6.09. The van der Waals surface area contributed by atoms with Crippen molar-refractivity contribution in [2.45, 2.75) is 94.9 Å². The molecule has 0 bridgehead atoms. The Hall–Kier alpha value is -2.65. The first-order valence-electron chi connectivity index (χ1n) is 15.0. The van der Waals surface area contributed by atoms with Crippen LogP contribution in [-0.4, -0.2) is 85.0 Å². The number of hydrogen-bond donors (Lipinski definition) is 3. The van der Waals surface area contributed by atoms with Crippen molar-refractivity contribution in [1.82, 2.24) is 25.8 Å². The van der Waals surface area contributed by atoms with E-state index in [0.29, 0.717) is 32.5 Å². The summed E-state index contributed by atoms with van der Waals surface area (Å²) < 4.78 is 5.80. The highest BCUT2D eigenvalue weighted by Gasteiger charge is 2.45. The van der Waals surface area contributed by atoms with E-state index < -0.39 is 12.1 Å². The highest BCUT2D eigenvalue weighted by Crippen LogP contribution is 2.33. The monoisotopic (exact) mass is 539 g/mol. The van der Waals surface area contributed by atoms with Crippen LogP contribution in [0.3, 0.4) is 0 Å². The van der Waals surface area contributed by atoms with Crippen molar-refractivity contribution in [3.8, 4) is 5.75 Å². The number of rotatable bonds is 8. The lowest BCUT2D eigenvalue weighted by atomic mass is 9.82. The minimum atomic E-state index is -0.604. The Morgan fingerprint density at radius 1 is 1.03 bits per heavy atom. The SMILES string of the molecule is CC[C@H](NC)C(=O)N[C@H](C(=O)N1C[C@H]2CCCN2CC1C(=O)N[C@@H]1CCOc2ccccc21)C1CCCCC1. The summed E-state index contributed by atoms with van der Waals surface area (Å²) in [5.74, 6) is 0.548. The summed E-state index contributed by atoms with van der Waals surface area (Å²) in [5, 5.41) is 9.48. The van der Waals surface area contributed by atoms with Crippen molar-refractivity contribution in [3.05, 3.63) is 29.8 Å². The summed E-state index contributed by atoms with van der Waals surface area (Å²) in [6.07, 6.45) is 8.59. The van der Waals surface area contributed by atoms with Crippen LogP contribution in [0, 0.1) is 5.92 Å². The van der Waals surface area contributed by atoms with Gasteiger partial charge in [0.2, 0.25) is 17.7 Å². The van der Waals surface area contributed by atoms with Crippen molar-refractivity contribution in [1.29, 1.82) is 0 Å². The van der Waals surface area contributed by atoms with E-state index in [4.69, 9.17) is 4.74 Å². The molecule has 0 aromatic heterocycles. The van der Waals surface area contributed by atoms with Gasteiger partial charge < -0.3 is 25.6 Å². The van der Waals surface area contributed by atoms with Crippen molar-refractivity contribution in [2.75, 3.05) is 33.3 Å². The van der Waals surface area contributed by atoms with E-state index >= 15 is 0 Å². The number of nitrogens with one attached hydrogen (secondary N) is 3. The molecule has 2 saturated heterocycles. The number of ether oxygens (including phenoxy) is 1. The first kappa shape index (κ1) is 27.9. The first-order valence-corrected chi connectivity index (χ1v) is 15.0. The number of hydrogen-bond acceptors (Lipinski definition) is 6. The zero-order valence-electron chi connectivity index (χ0n) is 23.5. The summed E-state index contributed by atoms with van der Waals surface area (Å²) >= 11 is 0. The minimum Gasteiger partial charge on any atom is -0.493 e. The fourth-order valence-electron chi connectivity index (χ4n) is 7.05. The molecule has 3 heterocycles. The molecule has 5 atom stereocenters. The van der Waals surface area contributed by atoms with Crippen LogP contribution < -0.4 is 20.7 Å². The highest BCUT2D eigenvalue weighted by molar-refractivity contribution is 5.93. The van der Waals surface area contributed by atoms with E-state index in [0.717, 1.165) is 62.8 Å². The smallest absolute Gasteiger partial charge is 0.246 e. The number of carbonyl (C=O) groups is 3. The van der Waals surface area contributed by atoms with Gasteiger partial charge in [0.25, 0.3) is 0 Å². The van der Waals surface area contributed by atoms with Gasteiger partial charge in [-0.25, -0.2) is 0 Å². The zero-order valence-corrected chi connectivity index (χ0v) is 23.5. The Balaban J connectivity index is 1.39.